The van der Waals surface area contributed by atoms with Gasteiger partial charge in [-0.1, -0.05) is 24.4 Å². The number of halogens is 1. The van der Waals surface area contributed by atoms with Gasteiger partial charge < -0.3 is 20.3 Å². The Morgan fingerprint density at radius 1 is 1.38 bits per heavy atom. The zero-order valence-electron chi connectivity index (χ0n) is 11.7. The first kappa shape index (κ1) is 16.1. The summed E-state index contributed by atoms with van der Waals surface area (Å²) in [6, 6.07) is 4.70. The third-order valence-electron chi connectivity index (χ3n) is 3.68. The summed E-state index contributed by atoms with van der Waals surface area (Å²) in [6.07, 6.45) is 3.75. The molecule has 0 radical (unpaired) electrons. The minimum atomic E-state index is -1.08. The summed E-state index contributed by atoms with van der Waals surface area (Å²) in [6.45, 7) is 1.01. The van der Waals surface area contributed by atoms with E-state index in [4.69, 9.17) is 21.4 Å². The monoisotopic (exact) mass is 313 g/mol. The van der Waals surface area contributed by atoms with Crippen LogP contribution in [0.15, 0.2) is 18.2 Å². The molecular formula is C15H20ClNO4. The first-order chi connectivity index (χ1) is 10.1. The number of rotatable bonds is 6. The summed E-state index contributed by atoms with van der Waals surface area (Å²) < 4.78 is 5.51. The molecule has 2 unspecified atom stereocenters. The molecule has 5 nitrogen and oxygen atoms in total. The van der Waals surface area contributed by atoms with Crippen LogP contribution in [0.1, 0.15) is 36.0 Å². The van der Waals surface area contributed by atoms with Gasteiger partial charge in [-0.15, -0.1) is 0 Å². The van der Waals surface area contributed by atoms with Gasteiger partial charge in [0.2, 0.25) is 0 Å². The fourth-order valence-electron chi connectivity index (χ4n) is 2.52. The number of carboxylic acid groups (broad SMARTS) is 1. The van der Waals surface area contributed by atoms with Gasteiger partial charge in [-0.25, -0.2) is 4.79 Å². The maximum Gasteiger partial charge on any atom is 0.337 e. The minimum Gasteiger partial charge on any atom is -0.492 e. The lowest BCUT2D eigenvalue weighted by Gasteiger charge is -2.28. The molecule has 1 fully saturated rings. The van der Waals surface area contributed by atoms with Gasteiger partial charge in [-0.3, -0.25) is 0 Å². The van der Waals surface area contributed by atoms with E-state index in [0.717, 1.165) is 25.7 Å². The predicted molar refractivity (Wildman–Crippen MR) is 80.2 cm³/mol. The van der Waals surface area contributed by atoms with Gasteiger partial charge in [-0.2, -0.15) is 0 Å². The second-order valence-electron chi connectivity index (χ2n) is 5.21. The topological polar surface area (TPSA) is 78.8 Å². The number of hydrogen-bond acceptors (Lipinski definition) is 4. The highest BCUT2D eigenvalue weighted by atomic mass is 35.5. The highest BCUT2D eigenvalue weighted by Crippen LogP contribution is 2.22. The van der Waals surface area contributed by atoms with Crippen molar-refractivity contribution in [3.63, 3.8) is 0 Å². The summed E-state index contributed by atoms with van der Waals surface area (Å²) in [5.74, 6) is -0.600. The van der Waals surface area contributed by atoms with E-state index in [1.54, 1.807) is 6.07 Å². The normalized spacial score (nSPS) is 22.0. The zero-order chi connectivity index (χ0) is 15.2. The van der Waals surface area contributed by atoms with Crippen LogP contribution in [0.5, 0.6) is 5.75 Å². The third-order valence-corrected chi connectivity index (χ3v) is 4.00. The first-order valence-corrected chi connectivity index (χ1v) is 7.53. The number of hydrogen-bond donors (Lipinski definition) is 3. The number of ether oxygens (including phenoxy) is 1. The number of nitrogens with one attached hydrogen (secondary N) is 1. The van der Waals surface area contributed by atoms with Crippen LogP contribution in [0.2, 0.25) is 5.02 Å². The number of benzene rings is 1. The van der Waals surface area contributed by atoms with Gasteiger partial charge in [0.25, 0.3) is 0 Å². The lowest BCUT2D eigenvalue weighted by molar-refractivity contribution is 0.0696. The van der Waals surface area contributed by atoms with Crippen LogP contribution < -0.4 is 10.1 Å². The molecule has 21 heavy (non-hydrogen) atoms. The van der Waals surface area contributed by atoms with E-state index in [1.165, 1.54) is 12.1 Å². The van der Waals surface area contributed by atoms with Crippen molar-refractivity contribution in [2.24, 2.45) is 0 Å². The van der Waals surface area contributed by atoms with Crippen LogP contribution in [0.25, 0.3) is 0 Å². The Morgan fingerprint density at radius 3 is 2.86 bits per heavy atom. The maximum absolute atomic E-state index is 11.0. The SMILES string of the molecule is O=C(O)c1cc(OCCNC2CCCCC2O)ccc1Cl. The fraction of sp³-hybridized carbons (Fsp3) is 0.533. The number of aliphatic hydroxyl groups is 1. The van der Waals surface area contributed by atoms with Crippen LogP contribution in [0, 0.1) is 0 Å². The molecule has 0 aliphatic heterocycles. The minimum absolute atomic E-state index is 0.0322. The van der Waals surface area contributed by atoms with Crippen molar-refractivity contribution >= 4 is 17.6 Å². The summed E-state index contributed by atoms with van der Waals surface area (Å²) in [5, 5.41) is 22.3. The van der Waals surface area contributed by atoms with Gasteiger partial charge in [0, 0.05) is 12.6 Å². The van der Waals surface area contributed by atoms with Crippen LogP contribution in [-0.4, -0.2) is 41.5 Å². The third kappa shape index (κ3) is 4.59. The van der Waals surface area contributed by atoms with Crippen LogP contribution in [-0.2, 0) is 0 Å². The molecule has 1 aromatic carbocycles. The van der Waals surface area contributed by atoms with E-state index >= 15 is 0 Å². The van der Waals surface area contributed by atoms with Gasteiger partial charge in [-0.05, 0) is 31.0 Å². The van der Waals surface area contributed by atoms with Crippen molar-refractivity contribution in [1.29, 1.82) is 0 Å². The highest BCUT2D eigenvalue weighted by Gasteiger charge is 2.21. The fourth-order valence-corrected chi connectivity index (χ4v) is 2.72. The molecule has 0 spiro atoms. The number of aliphatic hydroxyl groups excluding tert-OH is 1. The lowest BCUT2D eigenvalue weighted by atomic mass is 9.93. The molecule has 6 heteroatoms. The quantitative estimate of drug-likeness (QED) is 0.702. The Balaban J connectivity index is 1.78. The van der Waals surface area contributed by atoms with Crippen LogP contribution >= 0.6 is 11.6 Å². The number of carbonyl (C=O) groups is 1. The molecule has 1 aromatic rings. The molecule has 1 aliphatic rings. The molecule has 0 amide bonds. The van der Waals surface area contributed by atoms with Gasteiger partial charge >= 0.3 is 5.97 Å². The second-order valence-corrected chi connectivity index (χ2v) is 5.61. The highest BCUT2D eigenvalue weighted by molar-refractivity contribution is 6.33. The number of aromatic carboxylic acids is 1. The van der Waals surface area contributed by atoms with Gasteiger partial charge in [0.15, 0.2) is 0 Å². The Labute approximate surface area is 128 Å². The lowest BCUT2D eigenvalue weighted by Crippen LogP contribution is -2.43. The summed E-state index contributed by atoms with van der Waals surface area (Å²) in [5.41, 5.74) is 0.0322. The van der Waals surface area contributed by atoms with Crippen molar-refractivity contribution in [1.82, 2.24) is 5.32 Å². The first-order valence-electron chi connectivity index (χ1n) is 7.15. The largest absolute Gasteiger partial charge is 0.492 e. The van der Waals surface area contributed by atoms with Gasteiger partial charge in [0.05, 0.1) is 16.7 Å². The average molecular weight is 314 g/mol. The smallest absolute Gasteiger partial charge is 0.337 e. The molecular weight excluding hydrogens is 294 g/mol. The molecule has 1 aliphatic carbocycles. The predicted octanol–water partition coefficient (Wildman–Crippen LogP) is 2.31. The van der Waals surface area contributed by atoms with Crippen molar-refractivity contribution in [3.05, 3.63) is 28.8 Å². The molecule has 116 valence electrons. The molecule has 0 heterocycles. The Morgan fingerprint density at radius 2 is 2.14 bits per heavy atom. The van der Waals surface area contributed by atoms with E-state index in [1.807, 2.05) is 0 Å². The van der Waals surface area contributed by atoms with E-state index in [2.05, 4.69) is 5.32 Å². The van der Waals surface area contributed by atoms with E-state index in [-0.39, 0.29) is 22.7 Å². The van der Waals surface area contributed by atoms with Crippen molar-refractivity contribution in [2.45, 2.75) is 37.8 Å². The zero-order valence-corrected chi connectivity index (χ0v) is 12.5. The van der Waals surface area contributed by atoms with E-state index in [0.29, 0.717) is 18.9 Å². The second kappa shape index (κ2) is 7.64. The maximum atomic E-state index is 11.0. The Bertz CT molecular complexity index is 495. The van der Waals surface area contributed by atoms with E-state index in [9.17, 15) is 9.90 Å². The van der Waals surface area contributed by atoms with Crippen LogP contribution in [0.3, 0.4) is 0 Å². The average Bonchev–Trinajstić information content (AvgIpc) is 2.46. The Kier molecular flexibility index (Phi) is 5.85. The standard InChI is InChI=1S/C15H20ClNO4/c16-12-6-5-10(9-11(12)15(19)20)21-8-7-17-13-3-1-2-4-14(13)18/h5-6,9,13-14,17-18H,1-4,7-8H2,(H,19,20). The molecule has 3 N–H and O–H groups in total. The Hall–Kier alpha value is -1.30. The molecule has 0 aromatic heterocycles. The number of carboxylic acids is 1. The van der Waals surface area contributed by atoms with Gasteiger partial charge in [0.1, 0.15) is 12.4 Å². The molecule has 0 saturated heterocycles. The molecule has 0 bridgehead atoms. The summed E-state index contributed by atoms with van der Waals surface area (Å²) >= 11 is 5.79. The summed E-state index contributed by atoms with van der Waals surface area (Å²) in [7, 11) is 0. The molecule has 2 atom stereocenters. The van der Waals surface area contributed by atoms with Crippen molar-refractivity contribution in [2.75, 3.05) is 13.2 Å². The molecule has 1 saturated carbocycles. The molecule has 2 rings (SSSR count). The summed E-state index contributed by atoms with van der Waals surface area (Å²) in [4.78, 5) is 11.0. The van der Waals surface area contributed by atoms with Crippen molar-refractivity contribution in [3.8, 4) is 5.75 Å². The van der Waals surface area contributed by atoms with Crippen molar-refractivity contribution < 1.29 is 19.7 Å². The van der Waals surface area contributed by atoms with Crippen LogP contribution in [0.4, 0.5) is 0 Å². The van der Waals surface area contributed by atoms with E-state index < -0.39 is 5.97 Å².